The molecule has 2 heterocycles. The van der Waals surface area contributed by atoms with Gasteiger partial charge in [-0.3, -0.25) is 4.79 Å². The van der Waals surface area contributed by atoms with E-state index in [4.69, 9.17) is 4.74 Å². The Hall–Kier alpha value is -2.18. The molecule has 1 atom stereocenters. The molecule has 0 unspecified atom stereocenters. The molecule has 6 nitrogen and oxygen atoms in total. The molecule has 2 aromatic rings. The Labute approximate surface area is 147 Å². The first kappa shape index (κ1) is 17.6. The van der Waals surface area contributed by atoms with Crippen molar-refractivity contribution in [1.29, 1.82) is 0 Å². The van der Waals surface area contributed by atoms with Gasteiger partial charge in [0.25, 0.3) is 5.91 Å². The second kappa shape index (κ2) is 8.27. The Morgan fingerprint density at radius 3 is 2.84 bits per heavy atom. The van der Waals surface area contributed by atoms with Gasteiger partial charge < -0.3 is 15.2 Å². The number of benzene rings is 1. The van der Waals surface area contributed by atoms with Gasteiger partial charge in [-0.15, -0.1) is 0 Å². The first-order valence-electron chi connectivity index (χ1n) is 8.91. The Balaban J connectivity index is 1.79. The van der Waals surface area contributed by atoms with E-state index in [9.17, 15) is 9.90 Å². The van der Waals surface area contributed by atoms with Crippen molar-refractivity contribution < 1.29 is 14.6 Å². The van der Waals surface area contributed by atoms with E-state index in [1.54, 1.807) is 4.68 Å². The molecule has 3 rings (SSSR count). The van der Waals surface area contributed by atoms with E-state index in [0.717, 1.165) is 36.9 Å². The van der Waals surface area contributed by atoms with Gasteiger partial charge in [0.2, 0.25) is 0 Å². The number of nitrogens with zero attached hydrogens (tertiary/aromatic N) is 2. The lowest BCUT2D eigenvalue weighted by Crippen LogP contribution is -2.28. The fourth-order valence-electron chi connectivity index (χ4n) is 3.05. The van der Waals surface area contributed by atoms with Gasteiger partial charge in [-0.25, -0.2) is 4.68 Å². The summed E-state index contributed by atoms with van der Waals surface area (Å²) in [5.41, 5.74) is 3.07. The molecule has 1 amide bonds. The van der Waals surface area contributed by atoms with E-state index < -0.39 is 6.10 Å². The Morgan fingerprint density at radius 1 is 1.40 bits per heavy atom. The summed E-state index contributed by atoms with van der Waals surface area (Å²) >= 11 is 0. The number of hydrogen-bond acceptors (Lipinski definition) is 4. The first-order valence-corrected chi connectivity index (χ1v) is 8.91. The van der Waals surface area contributed by atoms with Crippen molar-refractivity contribution in [2.24, 2.45) is 0 Å². The van der Waals surface area contributed by atoms with E-state index in [2.05, 4.69) is 29.5 Å². The number of aromatic nitrogens is 2. The standard InChI is InChI=1S/C19H25N3O3/c1-2-4-14-6-8-15(9-7-14)16-13-18(22(21-16)10-11-23)20-19(24)17-5-3-12-25-17/h6-9,13,17,23H,2-5,10-12H2,1H3,(H,20,24)/t17-/m1/s1. The summed E-state index contributed by atoms with van der Waals surface area (Å²) in [7, 11) is 0. The number of nitrogens with one attached hydrogen (secondary N) is 1. The molecule has 2 N–H and O–H groups in total. The van der Waals surface area contributed by atoms with E-state index >= 15 is 0 Å². The molecule has 1 saturated heterocycles. The van der Waals surface area contributed by atoms with Crippen LogP contribution in [0.2, 0.25) is 0 Å². The molecule has 6 heteroatoms. The van der Waals surface area contributed by atoms with Crippen molar-refractivity contribution in [3.05, 3.63) is 35.9 Å². The highest BCUT2D eigenvalue weighted by Gasteiger charge is 2.24. The average Bonchev–Trinajstić information content (AvgIpc) is 3.27. The fraction of sp³-hybridized carbons (Fsp3) is 0.474. The maximum absolute atomic E-state index is 12.3. The van der Waals surface area contributed by atoms with Crippen LogP contribution in [0.5, 0.6) is 0 Å². The van der Waals surface area contributed by atoms with E-state index in [-0.39, 0.29) is 12.5 Å². The Kier molecular flexibility index (Phi) is 5.83. The highest BCUT2D eigenvalue weighted by Crippen LogP contribution is 2.24. The van der Waals surface area contributed by atoms with Crippen LogP contribution in [0.4, 0.5) is 5.82 Å². The van der Waals surface area contributed by atoms with Crippen molar-refractivity contribution in [2.75, 3.05) is 18.5 Å². The average molecular weight is 343 g/mol. The third kappa shape index (κ3) is 4.27. The molecule has 0 radical (unpaired) electrons. The highest BCUT2D eigenvalue weighted by atomic mass is 16.5. The van der Waals surface area contributed by atoms with Crippen LogP contribution >= 0.6 is 0 Å². The molecular formula is C19H25N3O3. The van der Waals surface area contributed by atoms with Crippen LogP contribution in [-0.2, 0) is 22.5 Å². The van der Waals surface area contributed by atoms with Crippen molar-refractivity contribution in [2.45, 2.75) is 45.3 Å². The van der Waals surface area contributed by atoms with Crippen molar-refractivity contribution in [3.63, 3.8) is 0 Å². The third-order valence-electron chi connectivity index (χ3n) is 4.35. The molecule has 0 saturated carbocycles. The van der Waals surface area contributed by atoms with Gasteiger partial charge in [-0.1, -0.05) is 37.6 Å². The zero-order valence-corrected chi connectivity index (χ0v) is 14.6. The monoisotopic (exact) mass is 343 g/mol. The molecule has 1 aliphatic heterocycles. The molecule has 0 bridgehead atoms. The molecule has 134 valence electrons. The summed E-state index contributed by atoms with van der Waals surface area (Å²) in [6.07, 6.45) is 3.43. The molecule has 1 aromatic carbocycles. The number of ether oxygens (including phenoxy) is 1. The number of aliphatic hydroxyl groups is 1. The summed E-state index contributed by atoms with van der Waals surface area (Å²) in [5.74, 6) is 0.434. The predicted octanol–water partition coefficient (Wildman–Crippen LogP) is 2.61. The van der Waals surface area contributed by atoms with Crippen LogP contribution in [0.15, 0.2) is 30.3 Å². The normalized spacial score (nSPS) is 17.0. The quantitative estimate of drug-likeness (QED) is 0.810. The number of rotatable bonds is 7. The molecule has 1 fully saturated rings. The smallest absolute Gasteiger partial charge is 0.254 e. The van der Waals surface area contributed by atoms with Gasteiger partial charge in [0, 0.05) is 18.2 Å². The lowest BCUT2D eigenvalue weighted by atomic mass is 10.1. The number of aryl methyl sites for hydroxylation is 1. The number of carbonyl (C=O) groups excluding carboxylic acids is 1. The molecule has 25 heavy (non-hydrogen) atoms. The Bertz CT molecular complexity index is 703. The lowest BCUT2D eigenvalue weighted by molar-refractivity contribution is -0.124. The first-order chi connectivity index (χ1) is 12.2. The minimum Gasteiger partial charge on any atom is -0.394 e. The van der Waals surface area contributed by atoms with Crippen molar-refractivity contribution >= 4 is 11.7 Å². The van der Waals surface area contributed by atoms with Crippen LogP contribution < -0.4 is 5.32 Å². The molecule has 1 aliphatic rings. The number of carbonyl (C=O) groups is 1. The van der Waals surface area contributed by atoms with Gasteiger partial charge in [-0.05, 0) is 24.8 Å². The molecule has 0 spiro atoms. The molecule has 0 aliphatic carbocycles. The third-order valence-corrected chi connectivity index (χ3v) is 4.35. The fourth-order valence-corrected chi connectivity index (χ4v) is 3.05. The Morgan fingerprint density at radius 2 is 2.20 bits per heavy atom. The SMILES string of the molecule is CCCc1ccc(-c2cc(NC(=O)[C@H]3CCCO3)n(CCO)n2)cc1. The zero-order valence-electron chi connectivity index (χ0n) is 14.6. The van der Waals surface area contributed by atoms with Gasteiger partial charge in [0.05, 0.1) is 18.8 Å². The summed E-state index contributed by atoms with van der Waals surface area (Å²) in [6.45, 7) is 3.07. The number of anilines is 1. The van der Waals surface area contributed by atoms with E-state index in [1.807, 2.05) is 18.2 Å². The summed E-state index contributed by atoms with van der Waals surface area (Å²) in [4.78, 5) is 12.3. The summed E-state index contributed by atoms with van der Waals surface area (Å²) in [6, 6.07) is 10.1. The van der Waals surface area contributed by atoms with Crippen LogP contribution in [-0.4, -0.2) is 40.1 Å². The van der Waals surface area contributed by atoms with E-state index in [0.29, 0.717) is 19.0 Å². The van der Waals surface area contributed by atoms with E-state index in [1.165, 1.54) is 5.56 Å². The summed E-state index contributed by atoms with van der Waals surface area (Å²) < 4.78 is 7.05. The second-order valence-electron chi connectivity index (χ2n) is 6.30. The topological polar surface area (TPSA) is 76.4 Å². The van der Waals surface area contributed by atoms with Crippen LogP contribution in [0.25, 0.3) is 11.3 Å². The lowest BCUT2D eigenvalue weighted by Gasteiger charge is -2.11. The maximum Gasteiger partial charge on any atom is 0.254 e. The molecule has 1 aromatic heterocycles. The van der Waals surface area contributed by atoms with Crippen LogP contribution in [0, 0.1) is 0 Å². The number of hydrogen-bond donors (Lipinski definition) is 2. The zero-order chi connectivity index (χ0) is 17.6. The number of aliphatic hydroxyl groups excluding tert-OH is 1. The number of amides is 1. The van der Waals surface area contributed by atoms with Gasteiger partial charge >= 0.3 is 0 Å². The second-order valence-corrected chi connectivity index (χ2v) is 6.30. The van der Waals surface area contributed by atoms with Gasteiger partial charge in [-0.2, -0.15) is 5.10 Å². The highest BCUT2D eigenvalue weighted by molar-refractivity contribution is 5.94. The van der Waals surface area contributed by atoms with Gasteiger partial charge in [0.1, 0.15) is 11.9 Å². The minimum absolute atomic E-state index is 0.0423. The minimum atomic E-state index is -0.394. The van der Waals surface area contributed by atoms with Gasteiger partial charge in [0.15, 0.2) is 0 Å². The van der Waals surface area contributed by atoms with Crippen LogP contribution in [0.3, 0.4) is 0 Å². The largest absolute Gasteiger partial charge is 0.394 e. The molecular weight excluding hydrogens is 318 g/mol. The summed E-state index contributed by atoms with van der Waals surface area (Å²) in [5, 5.41) is 16.7. The van der Waals surface area contributed by atoms with Crippen LogP contribution in [0.1, 0.15) is 31.7 Å². The predicted molar refractivity (Wildman–Crippen MR) is 96.3 cm³/mol. The van der Waals surface area contributed by atoms with Crippen molar-refractivity contribution in [3.8, 4) is 11.3 Å². The maximum atomic E-state index is 12.3. The van der Waals surface area contributed by atoms with Crippen molar-refractivity contribution in [1.82, 2.24) is 9.78 Å².